The van der Waals surface area contributed by atoms with Crippen molar-refractivity contribution in [2.75, 3.05) is 34.3 Å². The van der Waals surface area contributed by atoms with Crippen LogP contribution in [-0.4, -0.2) is 44.3 Å². The van der Waals surface area contributed by atoms with Crippen LogP contribution in [0, 0.1) is 0 Å². The summed E-state index contributed by atoms with van der Waals surface area (Å²) in [5.74, 6) is 1.08. The molecule has 1 atom stereocenters. The number of rotatable bonds is 7. The minimum Gasteiger partial charge on any atom is -0.508 e. The average Bonchev–Trinajstić information content (AvgIpc) is 2.34. The molecule has 1 aromatic rings. The van der Waals surface area contributed by atoms with E-state index in [9.17, 15) is 5.11 Å². The van der Waals surface area contributed by atoms with Gasteiger partial charge in [-0.05, 0) is 58.7 Å². The fourth-order valence-electron chi connectivity index (χ4n) is 1.83. The molecule has 0 amide bonds. The normalized spacial score (nSPS) is 12.7. The van der Waals surface area contributed by atoms with Crippen LogP contribution in [0.3, 0.4) is 0 Å². The molecule has 0 spiro atoms. The van der Waals surface area contributed by atoms with Gasteiger partial charge in [-0.15, -0.1) is 0 Å². The summed E-state index contributed by atoms with van der Waals surface area (Å²) in [6.07, 6.45) is 1.09. The SMILES string of the molecule is COc1ccc(O)c(C(C)NCCCN(C)C)c1. The number of benzene rings is 1. The van der Waals surface area contributed by atoms with Gasteiger partial charge in [0.1, 0.15) is 11.5 Å². The standard InChI is InChI=1S/C14H24N2O2/c1-11(15-8-5-9-16(2)3)13-10-12(18-4)6-7-14(13)17/h6-7,10-11,15,17H,5,8-9H2,1-4H3. The number of ether oxygens (including phenoxy) is 1. The monoisotopic (exact) mass is 252 g/mol. The van der Waals surface area contributed by atoms with Gasteiger partial charge in [0.05, 0.1) is 7.11 Å². The first kappa shape index (κ1) is 14.8. The van der Waals surface area contributed by atoms with Crippen molar-refractivity contribution in [2.45, 2.75) is 19.4 Å². The van der Waals surface area contributed by atoms with Crippen molar-refractivity contribution in [1.29, 1.82) is 0 Å². The number of aromatic hydroxyl groups is 1. The molecular formula is C14H24N2O2. The molecule has 0 aromatic heterocycles. The van der Waals surface area contributed by atoms with E-state index in [4.69, 9.17) is 4.74 Å². The summed E-state index contributed by atoms with van der Waals surface area (Å²) in [6.45, 7) is 4.03. The Balaban J connectivity index is 2.52. The lowest BCUT2D eigenvalue weighted by Gasteiger charge is -2.17. The number of nitrogens with zero attached hydrogens (tertiary/aromatic N) is 1. The second kappa shape index (κ2) is 7.24. The smallest absolute Gasteiger partial charge is 0.120 e. The van der Waals surface area contributed by atoms with Gasteiger partial charge in [-0.1, -0.05) is 0 Å². The first-order chi connectivity index (χ1) is 8.54. The Bertz CT molecular complexity index is 367. The molecule has 2 N–H and O–H groups in total. The quantitative estimate of drug-likeness (QED) is 0.729. The maximum absolute atomic E-state index is 9.84. The third-order valence-electron chi connectivity index (χ3n) is 2.93. The Kier molecular flexibility index (Phi) is 5.95. The van der Waals surface area contributed by atoms with Gasteiger partial charge in [-0.3, -0.25) is 0 Å². The Labute approximate surface area is 110 Å². The molecule has 0 saturated heterocycles. The lowest BCUT2D eigenvalue weighted by Crippen LogP contribution is -2.23. The number of phenols is 1. The molecule has 0 radical (unpaired) electrons. The summed E-state index contributed by atoms with van der Waals surface area (Å²) in [6, 6.07) is 5.42. The predicted octanol–water partition coefficient (Wildman–Crippen LogP) is 2.00. The molecule has 0 fully saturated rings. The maximum atomic E-state index is 9.84. The number of hydrogen-bond acceptors (Lipinski definition) is 4. The van der Waals surface area contributed by atoms with Crippen LogP contribution in [-0.2, 0) is 0 Å². The highest BCUT2D eigenvalue weighted by atomic mass is 16.5. The van der Waals surface area contributed by atoms with E-state index in [1.165, 1.54) is 0 Å². The van der Waals surface area contributed by atoms with Crippen LogP contribution in [0.1, 0.15) is 24.9 Å². The Morgan fingerprint density at radius 1 is 1.39 bits per heavy atom. The number of hydrogen-bond donors (Lipinski definition) is 2. The minimum atomic E-state index is 0.113. The van der Waals surface area contributed by atoms with Crippen molar-refractivity contribution in [3.63, 3.8) is 0 Å². The van der Waals surface area contributed by atoms with Gasteiger partial charge in [0.2, 0.25) is 0 Å². The van der Waals surface area contributed by atoms with Gasteiger partial charge in [-0.2, -0.15) is 0 Å². The molecule has 4 heteroatoms. The summed E-state index contributed by atoms with van der Waals surface area (Å²) in [4.78, 5) is 2.16. The van der Waals surface area contributed by atoms with Crippen molar-refractivity contribution in [3.8, 4) is 11.5 Å². The zero-order valence-electron chi connectivity index (χ0n) is 11.7. The van der Waals surface area contributed by atoms with Gasteiger partial charge in [0, 0.05) is 11.6 Å². The zero-order valence-corrected chi connectivity index (χ0v) is 11.7. The van der Waals surface area contributed by atoms with E-state index in [0.717, 1.165) is 30.8 Å². The second-order valence-electron chi connectivity index (χ2n) is 4.76. The highest BCUT2D eigenvalue weighted by Gasteiger charge is 2.10. The van der Waals surface area contributed by atoms with E-state index in [-0.39, 0.29) is 6.04 Å². The number of nitrogens with one attached hydrogen (secondary N) is 1. The predicted molar refractivity (Wildman–Crippen MR) is 74.2 cm³/mol. The highest BCUT2D eigenvalue weighted by Crippen LogP contribution is 2.28. The van der Waals surface area contributed by atoms with Gasteiger partial charge in [0.15, 0.2) is 0 Å². The number of methoxy groups -OCH3 is 1. The summed E-state index contributed by atoms with van der Waals surface area (Å²) < 4.78 is 5.17. The topological polar surface area (TPSA) is 44.7 Å². The first-order valence-electron chi connectivity index (χ1n) is 6.29. The average molecular weight is 252 g/mol. The molecule has 102 valence electrons. The van der Waals surface area contributed by atoms with Crippen LogP contribution in [0.2, 0.25) is 0 Å². The lowest BCUT2D eigenvalue weighted by atomic mass is 10.1. The molecule has 4 nitrogen and oxygen atoms in total. The van der Waals surface area contributed by atoms with Gasteiger partial charge in [-0.25, -0.2) is 0 Å². The first-order valence-corrected chi connectivity index (χ1v) is 6.29. The molecule has 0 aliphatic carbocycles. The van der Waals surface area contributed by atoms with Crippen molar-refractivity contribution in [3.05, 3.63) is 23.8 Å². The Hall–Kier alpha value is -1.26. The van der Waals surface area contributed by atoms with E-state index < -0.39 is 0 Å². The van der Waals surface area contributed by atoms with E-state index in [2.05, 4.69) is 24.3 Å². The van der Waals surface area contributed by atoms with E-state index >= 15 is 0 Å². The van der Waals surface area contributed by atoms with Crippen LogP contribution in [0.5, 0.6) is 11.5 Å². The van der Waals surface area contributed by atoms with Crippen molar-refractivity contribution in [1.82, 2.24) is 10.2 Å². The molecule has 18 heavy (non-hydrogen) atoms. The molecule has 1 aromatic carbocycles. The minimum absolute atomic E-state index is 0.113. The molecule has 0 saturated carbocycles. The molecule has 0 heterocycles. The fourth-order valence-corrected chi connectivity index (χ4v) is 1.83. The van der Waals surface area contributed by atoms with Crippen molar-refractivity contribution >= 4 is 0 Å². The fraction of sp³-hybridized carbons (Fsp3) is 0.571. The molecule has 0 aliphatic heterocycles. The lowest BCUT2D eigenvalue weighted by molar-refractivity contribution is 0.385. The molecule has 0 bridgehead atoms. The van der Waals surface area contributed by atoms with E-state index in [1.807, 2.05) is 13.0 Å². The van der Waals surface area contributed by atoms with Crippen LogP contribution < -0.4 is 10.1 Å². The molecule has 1 rings (SSSR count). The van der Waals surface area contributed by atoms with Gasteiger partial charge < -0.3 is 20.1 Å². The highest BCUT2D eigenvalue weighted by molar-refractivity contribution is 5.41. The van der Waals surface area contributed by atoms with Crippen LogP contribution >= 0.6 is 0 Å². The largest absolute Gasteiger partial charge is 0.508 e. The third kappa shape index (κ3) is 4.55. The van der Waals surface area contributed by atoms with Crippen molar-refractivity contribution < 1.29 is 9.84 Å². The second-order valence-corrected chi connectivity index (χ2v) is 4.76. The van der Waals surface area contributed by atoms with Crippen LogP contribution in [0.4, 0.5) is 0 Å². The number of phenolic OH excluding ortho intramolecular Hbond substituents is 1. The van der Waals surface area contributed by atoms with Crippen LogP contribution in [0.25, 0.3) is 0 Å². The van der Waals surface area contributed by atoms with Crippen molar-refractivity contribution in [2.24, 2.45) is 0 Å². The van der Waals surface area contributed by atoms with Gasteiger partial charge >= 0.3 is 0 Å². The molecule has 0 aliphatic rings. The third-order valence-corrected chi connectivity index (χ3v) is 2.93. The zero-order chi connectivity index (χ0) is 13.5. The Morgan fingerprint density at radius 2 is 2.11 bits per heavy atom. The molecular weight excluding hydrogens is 228 g/mol. The van der Waals surface area contributed by atoms with Gasteiger partial charge in [0.25, 0.3) is 0 Å². The summed E-state index contributed by atoms with van der Waals surface area (Å²) in [7, 11) is 5.76. The van der Waals surface area contributed by atoms with E-state index in [1.54, 1.807) is 19.2 Å². The maximum Gasteiger partial charge on any atom is 0.120 e. The Morgan fingerprint density at radius 3 is 2.72 bits per heavy atom. The van der Waals surface area contributed by atoms with Crippen LogP contribution in [0.15, 0.2) is 18.2 Å². The molecule has 1 unspecified atom stereocenters. The summed E-state index contributed by atoms with van der Waals surface area (Å²) >= 11 is 0. The summed E-state index contributed by atoms with van der Waals surface area (Å²) in [5, 5.41) is 13.2. The van der Waals surface area contributed by atoms with E-state index in [0.29, 0.717) is 5.75 Å². The summed E-state index contributed by atoms with van der Waals surface area (Å²) in [5.41, 5.74) is 0.874.